The molecule has 0 aliphatic carbocycles. The molecule has 0 radical (unpaired) electrons. The second-order valence-electron chi connectivity index (χ2n) is 9.70. The van der Waals surface area contributed by atoms with Crippen molar-refractivity contribution >= 4 is 11.9 Å². The molecule has 0 aliphatic rings. The third-order valence-corrected chi connectivity index (χ3v) is 5.40. The summed E-state index contributed by atoms with van der Waals surface area (Å²) in [7, 11) is 4.13. The smallest absolute Gasteiger partial charge is 0.332 e. The largest absolute Gasteiger partial charge is 0.479 e. The minimum absolute atomic E-state index is 0.233. The summed E-state index contributed by atoms with van der Waals surface area (Å²) in [6.45, 7) is 7.69. The van der Waals surface area contributed by atoms with E-state index in [0.717, 1.165) is 31.8 Å². The molecule has 192 valence electrons. The number of unbranched alkanes of at least 4 members (excludes halogenated alkanes) is 11. The molecule has 32 heavy (non-hydrogen) atoms. The van der Waals surface area contributed by atoms with Gasteiger partial charge in [-0.05, 0) is 46.3 Å². The summed E-state index contributed by atoms with van der Waals surface area (Å²) < 4.78 is 0. The van der Waals surface area contributed by atoms with E-state index in [4.69, 9.17) is 10.2 Å². The Balaban J connectivity index is 0. The van der Waals surface area contributed by atoms with E-state index in [2.05, 4.69) is 38.2 Å². The molecule has 0 aromatic carbocycles. The third kappa shape index (κ3) is 31.0. The normalized spacial score (nSPS) is 11.9. The van der Waals surface area contributed by atoms with Gasteiger partial charge in [-0.3, -0.25) is 4.79 Å². The highest BCUT2D eigenvalue weighted by molar-refractivity contribution is 5.75. The number of carbonyl (C=O) groups excluding carboxylic acids is 1. The zero-order chi connectivity index (χ0) is 24.6. The van der Waals surface area contributed by atoms with Gasteiger partial charge in [0.2, 0.25) is 5.91 Å². The van der Waals surface area contributed by atoms with Crippen LogP contribution >= 0.6 is 0 Å². The second kappa shape index (κ2) is 24.5. The first-order valence-electron chi connectivity index (χ1n) is 13.0. The van der Waals surface area contributed by atoms with Crippen molar-refractivity contribution in [1.29, 1.82) is 0 Å². The van der Waals surface area contributed by atoms with Crippen molar-refractivity contribution in [2.45, 2.75) is 123 Å². The van der Waals surface area contributed by atoms with Gasteiger partial charge in [-0.1, -0.05) is 90.9 Å². The van der Waals surface area contributed by atoms with E-state index in [-0.39, 0.29) is 5.91 Å². The number of aliphatic carboxylic acids is 1. The Hall–Kier alpha value is -1.14. The number of nitrogens with zero attached hydrogens (tertiary/aromatic N) is 1. The lowest BCUT2D eigenvalue weighted by molar-refractivity contribution is -0.145. The van der Waals surface area contributed by atoms with Gasteiger partial charge >= 0.3 is 5.97 Å². The van der Waals surface area contributed by atoms with E-state index in [1.54, 1.807) is 0 Å². The summed E-state index contributed by atoms with van der Waals surface area (Å²) in [6, 6.07) is 0. The van der Waals surface area contributed by atoms with Gasteiger partial charge < -0.3 is 20.4 Å². The Kier molecular flexibility index (Phi) is 25.3. The molecule has 0 spiro atoms. The van der Waals surface area contributed by atoms with Crippen LogP contribution in [0.3, 0.4) is 0 Å². The molecule has 1 amide bonds. The minimum Gasteiger partial charge on any atom is -0.479 e. The molecular weight excluding hydrogens is 404 g/mol. The van der Waals surface area contributed by atoms with E-state index in [9.17, 15) is 9.59 Å². The number of hydrogen-bond donors (Lipinski definition) is 3. The Bertz CT molecular complexity index is 426. The van der Waals surface area contributed by atoms with Gasteiger partial charge in [0.25, 0.3) is 0 Å². The first-order chi connectivity index (χ1) is 15.2. The number of carboxylic acid groups (broad SMARTS) is 1. The number of aliphatic hydroxyl groups is 1. The molecule has 6 heteroatoms. The molecule has 6 nitrogen and oxygen atoms in total. The lowest BCUT2D eigenvalue weighted by Gasteiger charge is -2.09. The quantitative estimate of drug-likeness (QED) is 0.206. The van der Waals surface area contributed by atoms with E-state index in [1.165, 1.54) is 84.0 Å². The van der Waals surface area contributed by atoms with Crippen LogP contribution in [-0.2, 0) is 9.59 Å². The SMILES string of the molecule is CC(C)CCCCCCCCCCCCCCC(=O)NCCCN(C)C.CC(O)C(=O)O. The van der Waals surface area contributed by atoms with Gasteiger partial charge in [-0.2, -0.15) is 0 Å². The second-order valence-corrected chi connectivity index (χ2v) is 9.70. The van der Waals surface area contributed by atoms with Crippen LogP contribution in [-0.4, -0.2) is 60.3 Å². The molecular formula is C26H54N2O4. The van der Waals surface area contributed by atoms with Gasteiger partial charge in [0.1, 0.15) is 6.10 Å². The van der Waals surface area contributed by atoms with E-state index in [0.29, 0.717) is 6.42 Å². The Morgan fingerprint density at radius 2 is 1.16 bits per heavy atom. The fourth-order valence-electron chi connectivity index (χ4n) is 3.32. The number of nitrogens with one attached hydrogen (secondary N) is 1. The molecule has 0 heterocycles. The molecule has 0 rings (SSSR count). The minimum atomic E-state index is -1.23. The zero-order valence-electron chi connectivity index (χ0n) is 21.8. The van der Waals surface area contributed by atoms with Crippen molar-refractivity contribution in [2.75, 3.05) is 27.2 Å². The van der Waals surface area contributed by atoms with Crippen molar-refractivity contribution in [3.05, 3.63) is 0 Å². The van der Waals surface area contributed by atoms with Crippen LogP contribution in [0, 0.1) is 5.92 Å². The number of hydrogen-bond acceptors (Lipinski definition) is 4. The molecule has 1 atom stereocenters. The molecule has 3 N–H and O–H groups in total. The first-order valence-corrected chi connectivity index (χ1v) is 13.0. The maximum absolute atomic E-state index is 11.7. The summed E-state index contributed by atoms with van der Waals surface area (Å²) in [5.41, 5.74) is 0. The average molecular weight is 459 g/mol. The van der Waals surface area contributed by atoms with Crippen LogP contribution in [0.1, 0.15) is 117 Å². The van der Waals surface area contributed by atoms with Gasteiger partial charge in [0.15, 0.2) is 0 Å². The van der Waals surface area contributed by atoms with E-state index in [1.807, 2.05) is 0 Å². The molecule has 0 bridgehead atoms. The third-order valence-electron chi connectivity index (χ3n) is 5.40. The van der Waals surface area contributed by atoms with E-state index >= 15 is 0 Å². The average Bonchev–Trinajstić information content (AvgIpc) is 2.71. The monoisotopic (exact) mass is 458 g/mol. The van der Waals surface area contributed by atoms with Crippen molar-refractivity contribution in [3.63, 3.8) is 0 Å². The van der Waals surface area contributed by atoms with Crippen molar-refractivity contribution in [3.8, 4) is 0 Å². The number of carboxylic acids is 1. The van der Waals surface area contributed by atoms with Crippen LogP contribution < -0.4 is 5.32 Å². The summed E-state index contributed by atoms with van der Waals surface area (Å²) in [6.07, 6.45) is 18.2. The van der Waals surface area contributed by atoms with Crippen molar-refractivity contribution < 1.29 is 19.8 Å². The number of amides is 1. The highest BCUT2D eigenvalue weighted by atomic mass is 16.4. The maximum Gasteiger partial charge on any atom is 0.332 e. The van der Waals surface area contributed by atoms with Crippen LogP contribution in [0.4, 0.5) is 0 Å². The van der Waals surface area contributed by atoms with Crippen LogP contribution in [0.15, 0.2) is 0 Å². The molecule has 1 unspecified atom stereocenters. The fraction of sp³-hybridized carbons (Fsp3) is 0.923. The number of carbonyl (C=O) groups is 2. The molecule has 0 saturated carbocycles. The van der Waals surface area contributed by atoms with Crippen LogP contribution in [0.5, 0.6) is 0 Å². The van der Waals surface area contributed by atoms with Crippen LogP contribution in [0.2, 0.25) is 0 Å². The standard InChI is InChI=1S/C23H48N2O.C3H6O3/c1-22(2)18-15-13-11-9-7-5-6-8-10-12-14-16-19-23(26)24-20-17-21-25(3)4;1-2(4)3(5)6/h22H,5-21H2,1-4H3,(H,24,26);2,4H,1H3,(H,5,6). The molecule has 0 aliphatic heterocycles. The number of aliphatic hydroxyl groups excluding tert-OH is 1. The summed E-state index contributed by atoms with van der Waals surface area (Å²) in [5.74, 6) is -0.0791. The predicted molar refractivity (Wildman–Crippen MR) is 135 cm³/mol. The molecule has 0 aromatic rings. The predicted octanol–water partition coefficient (Wildman–Crippen LogP) is 5.62. The summed E-state index contributed by atoms with van der Waals surface area (Å²) in [4.78, 5) is 23.3. The van der Waals surface area contributed by atoms with Crippen LogP contribution in [0.25, 0.3) is 0 Å². The maximum atomic E-state index is 11.7. The zero-order valence-corrected chi connectivity index (χ0v) is 21.8. The topological polar surface area (TPSA) is 89.9 Å². The first kappa shape index (κ1) is 33.0. The number of rotatable bonds is 20. The molecule has 0 saturated heterocycles. The lowest BCUT2D eigenvalue weighted by atomic mass is 10.0. The van der Waals surface area contributed by atoms with Gasteiger partial charge in [-0.25, -0.2) is 4.79 Å². The summed E-state index contributed by atoms with van der Waals surface area (Å²) >= 11 is 0. The lowest BCUT2D eigenvalue weighted by Crippen LogP contribution is -2.26. The Morgan fingerprint density at radius 3 is 1.53 bits per heavy atom. The Morgan fingerprint density at radius 1 is 0.750 bits per heavy atom. The molecule has 0 fully saturated rings. The van der Waals surface area contributed by atoms with Crippen molar-refractivity contribution in [2.24, 2.45) is 5.92 Å². The fourth-order valence-corrected chi connectivity index (χ4v) is 3.32. The van der Waals surface area contributed by atoms with Gasteiger partial charge in [0.05, 0.1) is 0 Å². The molecule has 0 aromatic heterocycles. The Labute approximate surface area is 198 Å². The highest BCUT2D eigenvalue weighted by Gasteiger charge is 2.02. The van der Waals surface area contributed by atoms with E-state index < -0.39 is 12.1 Å². The van der Waals surface area contributed by atoms with Gasteiger partial charge in [0, 0.05) is 13.0 Å². The van der Waals surface area contributed by atoms with Gasteiger partial charge in [-0.15, -0.1) is 0 Å². The summed E-state index contributed by atoms with van der Waals surface area (Å²) in [5, 5.41) is 18.8. The van der Waals surface area contributed by atoms with Crippen molar-refractivity contribution in [1.82, 2.24) is 10.2 Å². The highest BCUT2D eigenvalue weighted by Crippen LogP contribution is 2.14.